The van der Waals surface area contributed by atoms with Gasteiger partial charge in [0, 0.05) is 22.8 Å². The zero-order valence-electron chi connectivity index (χ0n) is 18.5. The quantitative estimate of drug-likeness (QED) is 0.328. The van der Waals surface area contributed by atoms with Gasteiger partial charge in [-0.1, -0.05) is 42.0 Å². The van der Waals surface area contributed by atoms with E-state index >= 15 is 0 Å². The minimum atomic E-state index is -0.240. The van der Waals surface area contributed by atoms with Crippen LogP contribution >= 0.6 is 23.8 Å². The van der Waals surface area contributed by atoms with E-state index in [1.54, 1.807) is 31.8 Å². The van der Waals surface area contributed by atoms with Gasteiger partial charge in [-0.15, -0.1) is 0 Å². The van der Waals surface area contributed by atoms with Crippen LogP contribution in [0.2, 0.25) is 5.02 Å². The van der Waals surface area contributed by atoms with Crippen molar-refractivity contribution >= 4 is 40.6 Å². The van der Waals surface area contributed by atoms with Crippen molar-refractivity contribution in [3.05, 3.63) is 94.8 Å². The monoisotopic (exact) mass is 484 g/mol. The van der Waals surface area contributed by atoms with Crippen molar-refractivity contribution in [1.82, 2.24) is 4.90 Å². The maximum atomic E-state index is 12.2. The fourth-order valence-corrected chi connectivity index (χ4v) is 3.98. The van der Waals surface area contributed by atoms with Crippen LogP contribution < -0.4 is 15.2 Å². The molecule has 7 heteroatoms. The van der Waals surface area contributed by atoms with E-state index in [-0.39, 0.29) is 11.9 Å². The summed E-state index contributed by atoms with van der Waals surface area (Å²) < 4.78 is 22.2. The van der Waals surface area contributed by atoms with Gasteiger partial charge in [0.25, 0.3) is 0 Å². The van der Waals surface area contributed by atoms with Gasteiger partial charge < -0.3 is 20.1 Å². The number of methoxy groups -OCH3 is 2. The van der Waals surface area contributed by atoms with Gasteiger partial charge >= 0.3 is 0 Å². The molecule has 0 aromatic heterocycles. The third kappa shape index (κ3) is 6.46. The highest BCUT2D eigenvalue weighted by atomic mass is 35.5. The summed E-state index contributed by atoms with van der Waals surface area (Å²) in [6.07, 6.45) is 3.10. The van der Waals surface area contributed by atoms with Crippen molar-refractivity contribution in [2.45, 2.75) is 12.5 Å². The number of nitrogen functional groups attached to an aromatic ring is 1. The summed E-state index contributed by atoms with van der Waals surface area (Å²) in [6, 6.07) is 19.6. The molecule has 0 saturated heterocycles. The normalized spacial score (nSPS) is 15.1. The Bertz CT molecular complexity index is 1100. The fourth-order valence-electron chi connectivity index (χ4n) is 3.57. The number of ether oxygens (including phenoxy) is 2. The lowest BCUT2D eigenvalue weighted by molar-refractivity contribution is 0.376. The molecule has 0 radical (unpaired) electrons. The predicted octanol–water partition coefficient (Wildman–Crippen LogP) is 6.55. The number of hydrogen-bond donors (Lipinski definition) is 1. The van der Waals surface area contributed by atoms with Crippen LogP contribution in [0.4, 0.5) is 10.1 Å². The number of hydrogen-bond acceptors (Lipinski definition) is 4. The second-order valence-electron chi connectivity index (χ2n) is 7.39. The molecule has 172 valence electrons. The molecule has 0 saturated carbocycles. The summed E-state index contributed by atoms with van der Waals surface area (Å²) in [5.74, 6) is 1.28. The van der Waals surface area contributed by atoms with Crippen molar-refractivity contribution in [2.24, 2.45) is 0 Å². The van der Waals surface area contributed by atoms with E-state index in [1.165, 1.54) is 17.7 Å². The van der Waals surface area contributed by atoms with Crippen molar-refractivity contribution in [3.63, 3.8) is 0 Å². The smallest absolute Gasteiger partial charge is 0.123 e. The Balaban J connectivity index is 0.000000286. The summed E-state index contributed by atoms with van der Waals surface area (Å²) in [5, 5.41) is 0.693. The molecular weight excluding hydrogens is 459 g/mol. The van der Waals surface area contributed by atoms with Gasteiger partial charge in [-0.3, -0.25) is 0 Å². The van der Waals surface area contributed by atoms with Crippen LogP contribution in [0.5, 0.6) is 11.5 Å². The zero-order chi connectivity index (χ0) is 23.8. The summed E-state index contributed by atoms with van der Waals surface area (Å²) in [4.78, 5) is 2.15. The lowest BCUT2D eigenvalue weighted by Gasteiger charge is -2.33. The summed E-state index contributed by atoms with van der Waals surface area (Å²) in [7, 11) is 3.21. The second kappa shape index (κ2) is 11.7. The highest BCUT2D eigenvalue weighted by Gasteiger charge is 2.23. The van der Waals surface area contributed by atoms with Crippen LogP contribution in [0.15, 0.2) is 72.8 Å². The van der Waals surface area contributed by atoms with E-state index in [4.69, 9.17) is 39.0 Å². The third-order valence-corrected chi connectivity index (χ3v) is 5.86. The Morgan fingerprint density at radius 1 is 1.00 bits per heavy atom. The van der Waals surface area contributed by atoms with Crippen LogP contribution in [-0.4, -0.2) is 31.2 Å². The topological polar surface area (TPSA) is 47.7 Å². The molecule has 2 N–H and O–H groups in total. The lowest BCUT2D eigenvalue weighted by atomic mass is 9.92. The fraction of sp³-hybridized carbons (Fsp3) is 0.192. The SMILES string of the molecule is COc1ccc(C2C=C(c3cc(Cl)ccc3N)CCN2C=S)cc1.COc1ccc(F)cc1. The Hall–Kier alpha value is -3.09. The van der Waals surface area contributed by atoms with E-state index in [0.29, 0.717) is 10.8 Å². The summed E-state index contributed by atoms with van der Waals surface area (Å²) >= 11 is 11.3. The first-order chi connectivity index (χ1) is 15.9. The van der Waals surface area contributed by atoms with Gasteiger partial charge in [0.05, 0.1) is 25.8 Å². The van der Waals surface area contributed by atoms with Gasteiger partial charge in [0.2, 0.25) is 0 Å². The first-order valence-electron chi connectivity index (χ1n) is 10.4. The third-order valence-electron chi connectivity index (χ3n) is 5.36. The van der Waals surface area contributed by atoms with E-state index in [0.717, 1.165) is 35.5 Å². The van der Waals surface area contributed by atoms with Crippen molar-refractivity contribution < 1.29 is 13.9 Å². The molecule has 1 aliphatic rings. The number of halogens is 2. The van der Waals surface area contributed by atoms with E-state index < -0.39 is 0 Å². The molecule has 0 aliphatic carbocycles. The van der Waals surface area contributed by atoms with Crippen LogP contribution in [0.3, 0.4) is 0 Å². The van der Waals surface area contributed by atoms with E-state index in [2.05, 4.69) is 23.1 Å². The average Bonchev–Trinajstić information content (AvgIpc) is 2.86. The molecule has 0 spiro atoms. The average molecular weight is 485 g/mol. The van der Waals surface area contributed by atoms with Crippen LogP contribution in [0, 0.1) is 5.82 Å². The van der Waals surface area contributed by atoms with Gasteiger partial charge in [-0.25, -0.2) is 4.39 Å². The molecule has 33 heavy (non-hydrogen) atoms. The molecule has 1 aliphatic heterocycles. The molecule has 1 unspecified atom stereocenters. The molecule has 3 aromatic carbocycles. The van der Waals surface area contributed by atoms with Gasteiger partial charge in [-0.2, -0.15) is 0 Å². The molecule has 1 atom stereocenters. The van der Waals surface area contributed by atoms with Gasteiger partial charge in [-0.05, 0) is 72.2 Å². The first kappa shape index (κ1) is 24.6. The lowest BCUT2D eigenvalue weighted by Crippen LogP contribution is -2.30. The molecular formula is C26H26ClFN2O2S. The highest BCUT2D eigenvalue weighted by molar-refractivity contribution is 7.78. The van der Waals surface area contributed by atoms with Crippen LogP contribution in [0.25, 0.3) is 5.57 Å². The molecule has 0 fully saturated rings. The number of benzene rings is 3. The largest absolute Gasteiger partial charge is 0.497 e. The highest BCUT2D eigenvalue weighted by Crippen LogP contribution is 2.36. The Morgan fingerprint density at radius 2 is 1.61 bits per heavy atom. The first-order valence-corrected chi connectivity index (χ1v) is 11.2. The number of thiocarbonyl (C=S) groups is 1. The Morgan fingerprint density at radius 3 is 2.18 bits per heavy atom. The van der Waals surface area contributed by atoms with Gasteiger partial charge in [0.15, 0.2) is 0 Å². The Kier molecular flexibility index (Phi) is 8.69. The minimum Gasteiger partial charge on any atom is -0.497 e. The number of nitrogens with zero attached hydrogens (tertiary/aromatic N) is 1. The van der Waals surface area contributed by atoms with Gasteiger partial charge in [0.1, 0.15) is 17.3 Å². The molecule has 1 heterocycles. The molecule has 3 aromatic rings. The molecule has 0 amide bonds. The molecule has 4 rings (SSSR count). The van der Waals surface area contributed by atoms with Crippen molar-refractivity contribution in [1.29, 1.82) is 0 Å². The van der Waals surface area contributed by atoms with E-state index in [9.17, 15) is 4.39 Å². The Labute approximate surface area is 204 Å². The van der Waals surface area contributed by atoms with Crippen molar-refractivity contribution in [3.8, 4) is 11.5 Å². The summed E-state index contributed by atoms with van der Waals surface area (Å²) in [6.45, 7) is 0.845. The standard InChI is InChI=1S/C19H19ClN2OS.C7H7FO/c1-23-16-5-2-13(3-6-16)19-10-14(8-9-22(19)12-24)17-11-15(20)4-7-18(17)21;1-9-7-4-2-6(8)3-5-7/h2-7,10-12,19H,8-9,21H2,1H3;2-5H,1H3. The molecule has 4 nitrogen and oxygen atoms in total. The van der Waals surface area contributed by atoms with E-state index in [1.807, 2.05) is 30.3 Å². The van der Waals surface area contributed by atoms with Crippen LogP contribution in [-0.2, 0) is 0 Å². The number of rotatable bonds is 5. The maximum absolute atomic E-state index is 12.2. The molecule has 0 bridgehead atoms. The van der Waals surface area contributed by atoms with Crippen LogP contribution in [0.1, 0.15) is 23.6 Å². The number of nitrogens with two attached hydrogens (primary N) is 1. The maximum Gasteiger partial charge on any atom is 0.123 e. The minimum absolute atomic E-state index is 0.0792. The zero-order valence-corrected chi connectivity index (χ0v) is 20.1. The predicted molar refractivity (Wildman–Crippen MR) is 138 cm³/mol. The summed E-state index contributed by atoms with van der Waals surface area (Å²) in [5.41, 5.74) is 12.0. The second-order valence-corrected chi connectivity index (χ2v) is 8.04. The number of anilines is 1. The van der Waals surface area contributed by atoms with Crippen molar-refractivity contribution in [2.75, 3.05) is 26.5 Å².